The molecule has 5 heteroatoms. The number of anilines is 2. The van der Waals surface area contributed by atoms with Crippen molar-refractivity contribution in [2.45, 2.75) is 31.7 Å². The van der Waals surface area contributed by atoms with Crippen molar-refractivity contribution in [2.75, 3.05) is 24.7 Å². The number of nitrogens with two attached hydrogens (primary N) is 1. The smallest absolute Gasteiger partial charge is 0.239 e. The van der Waals surface area contributed by atoms with Gasteiger partial charge in [-0.25, -0.2) is 4.68 Å². The Morgan fingerprint density at radius 3 is 2.80 bits per heavy atom. The molecule has 0 amide bonds. The van der Waals surface area contributed by atoms with Gasteiger partial charge < -0.3 is 10.6 Å². The molecule has 0 aliphatic carbocycles. The van der Waals surface area contributed by atoms with Crippen molar-refractivity contribution >= 4 is 11.6 Å². The molecule has 1 aromatic carbocycles. The van der Waals surface area contributed by atoms with Crippen molar-refractivity contribution in [3.8, 4) is 0 Å². The molecule has 1 aliphatic rings. The van der Waals surface area contributed by atoms with E-state index >= 15 is 0 Å². The third-order valence-electron chi connectivity index (χ3n) is 4.05. The summed E-state index contributed by atoms with van der Waals surface area (Å²) in [6, 6.07) is 8.59. The Morgan fingerprint density at radius 1 is 1.30 bits per heavy atom. The maximum absolute atomic E-state index is 5.73. The van der Waals surface area contributed by atoms with Gasteiger partial charge >= 0.3 is 0 Å². The monoisotopic (exact) mass is 271 g/mol. The van der Waals surface area contributed by atoms with Crippen molar-refractivity contribution in [3.05, 3.63) is 35.7 Å². The SMILES string of the molecule is CC1CC(c2ccccc2N(C)C)Cn2nc(N)nc21. The van der Waals surface area contributed by atoms with E-state index in [1.54, 1.807) is 0 Å². The Balaban J connectivity index is 1.97. The van der Waals surface area contributed by atoms with Crippen LogP contribution in [0.15, 0.2) is 24.3 Å². The van der Waals surface area contributed by atoms with Gasteiger partial charge in [0.05, 0.1) is 6.54 Å². The van der Waals surface area contributed by atoms with Gasteiger partial charge in [-0.3, -0.25) is 0 Å². The predicted octanol–water partition coefficient (Wildman–Crippen LogP) is 2.22. The summed E-state index contributed by atoms with van der Waals surface area (Å²) in [5, 5.41) is 4.32. The maximum atomic E-state index is 5.73. The standard InChI is InChI=1S/C15H21N5/c1-10-8-11(9-20-14(10)17-15(16)18-20)12-6-4-5-7-13(12)19(2)3/h4-7,10-11H,8-9H2,1-3H3,(H2,16,18). The molecular formula is C15H21N5. The zero-order chi connectivity index (χ0) is 14.3. The predicted molar refractivity (Wildman–Crippen MR) is 81.0 cm³/mol. The number of nitrogens with zero attached hydrogens (tertiary/aromatic N) is 4. The molecule has 0 bridgehead atoms. The summed E-state index contributed by atoms with van der Waals surface area (Å²) in [5.41, 5.74) is 8.39. The lowest BCUT2D eigenvalue weighted by molar-refractivity contribution is 0.383. The molecule has 2 aromatic rings. The zero-order valence-corrected chi connectivity index (χ0v) is 12.2. The molecule has 2 N–H and O–H groups in total. The third kappa shape index (κ3) is 2.13. The van der Waals surface area contributed by atoms with Crippen LogP contribution in [0, 0.1) is 0 Å². The van der Waals surface area contributed by atoms with Gasteiger partial charge in [0.25, 0.3) is 0 Å². The maximum Gasteiger partial charge on any atom is 0.239 e. The lowest BCUT2D eigenvalue weighted by Gasteiger charge is -2.30. The fourth-order valence-corrected chi connectivity index (χ4v) is 3.15. The first-order chi connectivity index (χ1) is 9.56. The van der Waals surface area contributed by atoms with Crippen LogP contribution in [0.1, 0.15) is 36.6 Å². The van der Waals surface area contributed by atoms with E-state index in [2.05, 4.69) is 60.3 Å². The van der Waals surface area contributed by atoms with Gasteiger partial charge in [0.1, 0.15) is 5.82 Å². The van der Waals surface area contributed by atoms with Crippen molar-refractivity contribution < 1.29 is 0 Å². The summed E-state index contributed by atoms with van der Waals surface area (Å²) in [6.45, 7) is 3.05. The average Bonchev–Trinajstić information content (AvgIpc) is 2.79. The van der Waals surface area contributed by atoms with Gasteiger partial charge in [0.2, 0.25) is 5.95 Å². The molecule has 0 radical (unpaired) electrons. The first-order valence-electron chi connectivity index (χ1n) is 7.02. The van der Waals surface area contributed by atoms with Crippen LogP contribution in [0.3, 0.4) is 0 Å². The molecule has 0 saturated carbocycles. The Morgan fingerprint density at radius 2 is 2.05 bits per heavy atom. The lowest BCUT2D eigenvalue weighted by Crippen LogP contribution is -2.24. The van der Waals surface area contributed by atoms with E-state index < -0.39 is 0 Å². The zero-order valence-electron chi connectivity index (χ0n) is 12.2. The number of para-hydroxylation sites is 1. The summed E-state index contributed by atoms with van der Waals surface area (Å²) in [5.74, 6) is 2.24. The summed E-state index contributed by atoms with van der Waals surface area (Å²) in [4.78, 5) is 6.51. The van der Waals surface area contributed by atoms with E-state index in [0.717, 1.165) is 18.8 Å². The van der Waals surface area contributed by atoms with Crippen molar-refractivity contribution in [2.24, 2.45) is 0 Å². The van der Waals surface area contributed by atoms with Gasteiger partial charge in [0, 0.05) is 31.6 Å². The average molecular weight is 271 g/mol. The Hall–Kier alpha value is -2.04. The minimum atomic E-state index is 0.383. The second-order valence-corrected chi connectivity index (χ2v) is 5.80. The quantitative estimate of drug-likeness (QED) is 0.910. The van der Waals surface area contributed by atoms with E-state index in [9.17, 15) is 0 Å². The Labute approximate surface area is 119 Å². The highest BCUT2D eigenvalue weighted by Crippen LogP contribution is 2.38. The number of hydrogen-bond acceptors (Lipinski definition) is 4. The van der Waals surface area contributed by atoms with Crippen LogP contribution in [0.2, 0.25) is 0 Å². The van der Waals surface area contributed by atoms with Gasteiger partial charge in [-0.2, -0.15) is 4.98 Å². The van der Waals surface area contributed by atoms with Gasteiger partial charge in [-0.05, 0) is 18.1 Å². The molecule has 1 aliphatic heterocycles. The molecule has 3 rings (SSSR count). The molecule has 0 fully saturated rings. The van der Waals surface area contributed by atoms with Crippen LogP contribution >= 0.6 is 0 Å². The topological polar surface area (TPSA) is 60.0 Å². The van der Waals surface area contributed by atoms with E-state index in [0.29, 0.717) is 17.8 Å². The first-order valence-corrected chi connectivity index (χ1v) is 7.02. The number of benzene rings is 1. The van der Waals surface area contributed by atoms with E-state index in [1.807, 2.05) is 4.68 Å². The van der Waals surface area contributed by atoms with Crippen molar-refractivity contribution in [3.63, 3.8) is 0 Å². The van der Waals surface area contributed by atoms with Crippen LogP contribution < -0.4 is 10.6 Å². The number of fused-ring (bicyclic) bond motifs is 1. The van der Waals surface area contributed by atoms with Crippen LogP contribution in [0.25, 0.3) is 0 Å². The fraction of sp³-hybridized carbons (Fsp3) is 0.467. The fourth-order valence-electron chi connectivity index (χ4n) is 3.15. The molecule has 2 heterocycles. The van der Waals surface area contributed by atoms with Crippen molar-refractivity contribution in [1.82, 2.24) is 14.8 Å². The van der Waals surface area contributed by atoms with Crippen LogP contribution in [0.4, 0.5) is 11.6 Å². The first kappa shape index (κ1) is 13.0. The molecule has 20 heavy (non-hydrogen) atoms. The van der Waals surface area contributed by atoms with Crippen LogP contribution in [0.5, 0.6) is 0 Å². The molecule has 1 aromatic heterocycles. The number of aromatic nitrogens is 3. The highest BCUT2D eigenvalue weighted by molar-refractivity contribution is 5.54. The molecule has 2 atom stereocenters. The van der Waals surface area contributed by atoms with E-state index in [4.69, 9.17) is 5.73 Å². The lowest BCUT2D eigenvalue weighted by atomic mass is 9.85. The van der Waals surface area contributed by atoms with E-state index in [-0.39, 0.29) is 0 Å². The minimum Gasteiger partial charge on any atom is -0.377 e. The third-order valence-corrected chi connectivity index (χ3v) is 4.05. The highest BCUT2D eigenvalue weighted by Gasteiger charge is 2.29. The molecule has 2 unspecified atom stereocenters. The largest absolute Gasteiger partial charge is 0.377 e. The van der Waals surface area contributed by atoms with Gasteiger partial charge in [0.15, 0.2) is 0 Å². The van der Waals surface area contributed by atoms with Gasteiger partial charge in [-0.15, -0.1) is 5.10 Å². The number of hydrogen-bond donors (Lipinski definition) is 1. The molecule has 0 spiro atoms. The Bertz CT molecular complexity index is 616. The Kier molecular flexibility index (Phi) is 3.12. The van der Waals surface area contributed by atoms with Crippen LogP contribution in [-0.4, -0.2) is 28.9 Å². The number of rotatable bonds is 2. The second-order valence-electron chi connectivity index (χ2n) is 5.80. The molecule has 106 valence electrons. The summed E-state index contributed by atoms with van der Waals surface area (Å²) in [6.07, 6.45) is 1.09. The second kappa shape index (κ2) is 4.81. The summed E-state index contributed by atoms with van der Waals surface area (Å²) >= 11 is 0. The molecule has 0 saturated heterocycles. The van der Waals surface area contributed by atoms with Crippen molar-refractivity contribution in [1.29, 1.82) is 0 Å². The highest BCUT2D eigenvalue weighted by atomic mass is 15.4. The minimum absolute atomic E-state index is 0.383. The normalized spacial score (nSPS) is 21.6. The van der Waals surface area contributed by atoms with Crippen LogP contribution in [-0.2, 0) is 6.54 Å². The molecular weight excluding hydrogens is 250 g/mol. The van der Waals surface area contributed by atoms with Gasteiger partial charge in [-0.1, -0.05) is 25.1 Å². The molecule has 5 nitrogen and oxygen atoms in total. The summed E-state index contributed by atoms with van der Waals surface area (Å²) < 4.78 is 1.97. The summed E-state index contributed by atoms with van der Waals surface area (Å²) in [7, 11) is 4.17. The van der Waals surface area contributed by atoms with E-state index in [1.165, 1.54) is 11.3 Å². The number of nitrogen functional groups attached to an aromatic ring is 1.